The van der Waals surface area contributed by atoms with Gasteiger partial charge >= 0.3 is 0 Å². The molecule has 2 aromatic rings. The van der Waals surface area contributed by atoms with Gasteiger partial charge in [0.15, 0.2) is 0 Å². The molecule has 0 spiro atoms. The van der Waals surface area contributed by atoms with Crippen LogP contribution in [0.15, 0.2) is 35.6 Å². The Hall–Kier alpha value is -1.66. The molecule has 0 atom stereocenters. The SMILES string of the molecule is CCc1ccc(-c2cn(COC)c(S(C)(=O)=O)n2)cc1. The molecule has 0 aliphatic rings. The number of rotatable bonds is 5. The number of methoxy groups -OCH3 is 1. The summed E-state index contributed by atoms with van der Waals surface area (Å²) in [4.78, 5) is 4.22. The fourth-order valence-electron chi connectivity index (χ4n) is 1.98. The van der Waals surface area contributed by atoms with Gasteiger partial charge in [0.05, 0.1) is 5.69 Å². The summed E-state index contributed by atoms with van der Waals surface area (Å²) in [6.07, 6.45) is 3.80. The van der Waals surface area contributed by atoms with Gasteiger partial charge < -0.3 is 4.74 Å². The van der Waals surface area contributed by atoms with Gasteiger partial charge in [-0.15, -0.1) is 0 Å². The third-order valence-corrected chi connectivity index (χ3v) is 3.99. The Bertz CT molecular complexity index is 688. The second-order valence-electron chi connectivity index (χ2n) is 4.62. The van der Waals surface area contributed by atoms with E-state index >= 15 is 0 Å². The molecular weight excluding hydrogens is 276 g/mol. The van der Waals surface area contributed by atoms with Crippen LogP contribution in [0.1, 0.15) is 12.5 Å². The average Bonchev–Trinajstić information content (AvgIpc) is 2.83. The van der Waals surface area contributed by atoms with Crippen LogP contribution in [0, 0.1) is 0 Å². The van der Waals surface area contributed by atoms with Crippen molar-refractivity contribution in [1.29, 1.82) is 0 Å². The van der Waals surface area contributed by atoms with E-state index < -0.39 is 9.84 Å². The summed E-state index contributed by atoms with van der Waals surface area (Å²) < 4.78 is 30.0. The highest BCUT2D eigenvalue weighted by atomic mass is 32.2. The van der Waals surface area contributed by atoms with E-state index in [1.807, 2.05) is 24.3 Å². The van der Waals surface area contributed by atoms with E-state index in [-0.39, 0.29) is 11.9 Å². The van der Waals surface area contributed by atoms with Crippen LogP contribution in [0.2, 0.25) is 0 Å². The molecule has 0 aliphatic carbocycles. The van der Waals surface area contributed by atoms with Crippen LogP contribution in [-0.4, -0.2) is 31.3 Å². The quantitative estimate of drug-likeness (QED) is 0.847. The molecule has 0 saturated carbocycles. The molecule has 0 amide bonds. The van der Waals surface area contributed by atoms with Crippen LogP contribution in [0.25, 0.3) is 11.3 Å². The molecule has 6 heteroatoms. The standard InChI is InChI=1S/C14H18N2O3S/c1-4-11-5-7-12(8-6-11)13-9-16(10-19-2)14(15-13)20(3,17)18/h5-9H,4,10H2,1-3H3. The molecule has 0 N–H and O–H groups in total. The number of imidazole rings is 1. The van der Waals surface area contributed by atoms with Crippen LogP contribution in [0.4, 0.5) is 0 Å². The smallest absolute Gasteiger partial charge is 0.229 e. The van der Waals surface area contributed by atoms with E-state index in [1.54, 1.807) is 6.20 Å². The van der Waals surface area contributed by atoms with Gasteiger partial charge in [0.25, 0.3) is 0 Å². The average molecular weight is 294 g/mol. The Balaban J connectivity index is 2.46. The summed E-state index contributed by atoms with van der Waals surface area (Å²) in [5, 5.41) is 0.0221. The predicted octanol–water partition coefficient (Wildman–Crippen LogP) is 2.12. The lowest BCUT2D eigenvalue weighted by molar-refractivity contribution is 0.123. The van der Waals surface area contributed by atoms with Gasteiger partial charge in [0.1, 0.15) is 6.73 Å². The first-order valence-electron chi connectivity index (χ1n) is 6.31. The van der Waals surface area contributed by atoms with Gasteiger partial charge in [-0.05, 0) is 12.0 Å². The number of aromatic nitrogens is 2. The molecule has 0 fully saturated rings. The summed E-state index contributed by atoms with van der Waals surface area (Å²) in [5.41, 5.74) is 2.75. The van der Waals surface area contributed by atoms with E-state index in [1.165, 1.54) is 17.2 Å². The van der Waals surface area contributed by atoms with Crippen molar-refractivity contribution in [2.24, 2.45) is 0 Å². The van der Waals surface area contributed by atoms with Crippen molar-refractivity contribution in [3.8, 4) is 11.3 Å². The second-order valence-corrected chi connectivity index (χ2v) is 6.53. The van der Waals surface area contributed by atoms with Gasteiger partial charge in [0, 0.05) is 25.1 Å². The summed E-state index contributed by atoms with van der Waals surface area (Å²) >= 11 is 0. The molecule has 5 nitrogen and oxygen atoms in total. The maximum Gasteiger partial charge on any atom is 0.229 e. The van der Waals surface area contributed by atoms with Crippen LogP contribution >= 0.6 is 0 Å². The normalized spacial score (nSPS) is 11.8. The highest BCUT2D eigenvalue weighted by Crippen LogP contribution is 2.21. The molecule has 20 heavy (non-hydrogen) atoms. The van der Waals surface area contributed by atoms with Crippen molar-refractivity contribution >= 4 is 9.84 Å². The Kier molecular flexibility index (Phi) is 4.25. The zero-order chi connectivity index (χ0) is 14.8. The van der Waals surface area contributed by atoms with E-state index in [0.717, 1.165) is 18.2 Å². The van der Waals surface area contributed by atoms with Crippen LogP contribution in [0.3, 0.4) is 0 Å². The largest absolute Gasteiger partial charge is 0.364 e. The first-order valence-corrected chi connectivity index (χ1v) is 8.20. The first-order chi connectivity index (χ1) is 9.45. The van der Waals surface area contributed by atoms with E-state index in [4.69, 9.17) is 4.74 Å². The van der Waals surface area contributed by atoms with Gasteiger partial charge in [-0.3, -0.25) is 4.57 Å². The molecule has 1 aromatic heterocycles. The Morgan fingerprint density at radius 2 is 1.90 bits per heavy atom. The molecule has 0 bridgehead atoms. The predicted molar refractivity (Wildman–Crippen MR) is 77.2 cm³/mol. The Morgan fingerprint density at radius 3 is 2.40 bits per heavy atom. The third-order valence-electron chi connectivity index (χ3n) is 3.00. The van der Waals surface area contributed by atoms with Gasteiger partial charge in [-0.1, -0.05) is 31.2 Å². The lowest BCUT2D eigenvalue weighted by atomic mass is 10.1. The van der Waals surface area contributed by atoms with Gasteiger partial charge in [-0.2, -0.15) is 0 Å². The number of sulfone groups is 1. The fourth-order valence-corrected chi connectivity index (χ4v) is 2.77. The summed E-state index contributed by atoms with van der Waals surface area (Å²) in [6.45, 7) is 2.24. The third kappa shape index (κ3) is 3.08. The molecular formula is C14H18N2O3S. The van der Waals surface area contributed by atoms with E-state index in [0.29, 0.717) is 5.69 Å². The fraction of sp³-hybridized carbons (Fsp3) is 0.357. The van der Waals surface area contributed by atoms with Crippen LogP contribution in [0.5, 0.6) is 0 Å². The molecule has 2 rings (SSSR count). The van der Waals surface area contributed by atoms with E-state index in [2.05, 4.69) is 11.9 Å². The van der Waals surface area contributed by atoms with Crippen molar-refractivity contribution in [3.63, 3.8) is 0 Å². The topological polar surface area (TPSA) is 61.2 Å². The second kappa shape index (κ2) is 5.76. The molecule has 1 aromatic carbocycles. The highest BCUT2D eigenvalue weighted by Gasteiger charge is 2.18. The maximum atomic E-state index is 11.7. The number of benzene rings is 1. The first kappa shape index (κ1) is 14.7. The van der Waals surface area contributed by atoms with Crippen molar-refractivity contribution in [2.75, 3.05) is 13.4 Å². The van der Waals surface area contributed by atoms with Crippen LogP contribution < -0.4 is 0 Å². The number of ether oxygens (including phenoxy) is 1. The molecule has 108 valence electrons. The Morgan fingerprint density at radius 1 is 1.25 bits per heavy atom. The lowest BCUT2D eigenvalue weighted by Gasteiger charge is -2.03. The minimum Gasteiger partial charge on any atom is -0.364 e. The number of nitrogens with zero attached hydrogens (tertiary/aromatic N) is 2. The van der Waals surface area contributed by atoms with Crippen molar-refractivity contribution in [1.82, 2.24) is 9.55 Å². The maximum absolute atomic E-state index is 11.7. The molecule has 0 saturated heterocycles. The summed E-state index contributed by atoms with van der Waals surface area (Å²) in [5.74, 6) is 0. The number of aryl methyl sites for hydroxylation is 1. The minimum absolute atomic E-state index is 0.0221. The molecule has 1 heterocycles. The van der Waals surface area contributed by atoms with Crippen LogP contribution in [-0.2, 0) is 27.7 Å². The monoisotopic (exact) mass is 294 g/mol. The molecule has 0 aliphatic heterocycles. The molecule has 0 unspecified atom stereocenters. The summed E-state index contributed by atoms with van der Waals surface area (Å²) in [6, 6.07) is 7.93. The molecule has 0 radical (unpaired) electrons. The number of hydrogen-bond acceptors (Lipinski definition) is 4. The van der Waals surface area contributed by atoms with Crippen molar-refractivity contribution in [2.45, 2.75) is 25.2 Å². The minimum atomic E-state index is -3.38. The summed E-state index contributed by atoms with van der Waals surface area (Å²) in [7, 11) is -1.87. The lowest BCUT2D eigenvalue weighted by Crippen LogP contribution is -2.09. The van der Waals surface area contributed by atoms with Crippen molar-refractivity contribution in [3.05, 3.63) is 36.0 Å². The number of hydrogen-bond donors (Lipinski definition) is 0. The van der Waals surface area contributed by atoms with Gasteiger partial charge in [0.2, 0.25) is 15.0 Å². The zero-order valence-corrected chi connectivity index (χ0v) is 12.6. The zero-order valence-electron chi connectivity index (χ0n) is 11.8. The van der Waals surface area contributed by atoms with E-state index in [9.17, 15) is 8.42 Å². The highest BCUT2D eigenvalue weighted by molar-refractivity contribution is 7.90. The Labute approximate surface area is 119 Å². The van der Waals surface area contributed by atoms with Crippen molar-refractivity contribution < 1.29 is 13.2 Å². The van der Waals surface area contributed by atoms with Gasteiger partial charge in [-0.25, -0.2) is 13.4 Å².